The zero-order chi connectivity index (χ0) is 21.8. The van der Waals surface area contributed by atoms with Gasteiger partial charge in [0.05, 0.1) is 17.5 Å². The van der Waals surface area contributed by atoms with Gasteiger partial charge in [-0.25, -0.2) is 4.79 Å². The maximum Gasteiger partial charge on any atom is 0.329 e. The predicted molar refractivity (Wildman–Crippen MR) is 105 cm³/mol. The Morgan fingerprint density at radius 1 is 1.17 bits per heavy atom. The third kappa shape index (κ3) is 4.80. The number of ether oxygens (including phenoxy) is 1. The van der Waals surface area contributed by atoms with E-state index in [0.29, 0.717) is 12.8 Å². The molecule has 10 heteroatoms. The lowest BCUT2D eigenvalue weighted by Crippen LogP contribution is -2.45. The standard InChI is InChI=1S/C20H22F2N2O5S/c1-11(24-17(26)12-6-2-3-7-13(12)18(24)27)19(28)29-10-16(25)23-14-8-4-5-9-15(14)30-20(21)22/h4-5,8-9,11-13,20H,2-3,6-7,10H2,1H3,(H,23,25)/t11-,12?,13?/m0/s1. The van der Waals surface area contributed by atoms with Crippen molar-refractivity contribution in [1.82, 2.24) is 4.90 Å². The Morgan fingerprint density at radius 2 is 1.77 bits per heavy atom. The van der Waals surface area contributed by atoms with Gasteiger partial charge in [-0.05, 0) is 31.9 Å². The van der Waals surface area contributed by atoms with Crippen LogP contribution in [0.2, 0.25) is 0 Å². The number of nitrogens with zero attached hydrogens (tertiary/aromatic N) is 1. The number of esters is 1. The molecule has 0 radical (unpaired) electrons. The van der Waals surface area contributed by atoms with E-state index < -0.39 is 30.3 Å². The van der Waals surface area contributed by atoms with E-state index in [-0.39, 0.29) is 46.0 Å². The lowest BCUT2D eigenvalue weighted by Gasteiger charge is -2.21. The van der Waals surface area contributed by atoms with E-state index in [1.165, 1.54) is 19.1 Å². The van der Waals surface area contributed by atoms with Crippen LogP contribution in [-0.4, -0.2) is 47.0 Å². The summed E-state index contributed by atoms with van der Waals surface area (Å²) in [4.78, 5) is 50.7. The molecule has 7 nitrogen and oxygen atoms in total. The fourth-order valence-electron chi connectivity index (χ4n) is 3.89. The number of fused-ring (bicyclic) bond motifs is 1. The van der Waals surface area contributed by atoms with Crippen molar-refractivity contribution in [3.05, 3.63) is 24.3 Å². The van der Waals surface area contributed by atoms with Crippen LogP contribution in [0.4, 0.5) is 14.5 Å². The molecule has 1 aromatic rings. The predicted octanol–water partition coefficient (Wildman–Crippen LogP) is 3.05. The number of hydrogen-bond acceptors (Lipinski definition) is 6. The molecule has 1 aliphatic carbocycles. The van der Waals surface area contributed by atoms with Gasteiger partial charge in [-0.3, -0.25) is 19.3 Å². The smallest absolute Gasteiger partial charge is 0.329 e. The van der Waals surface area contributed by atoms with Crippen LogP contribution in [0.3, 0.4) is 0 Å². The highest BCUT2D eigenvalue weighted by molar-refractivity contribution is 7.99. The van der Waals surface area contributed by atoms with Crippen molar-refractivity contribution in [3.8, 4) is 0 Å². The molecule has 3 atom stereocenters. The van der Waals surface area contributed by atoms with E-state index in [1.807, 2.05) is 0 Å². The van der Waals surface area contributed by atoms with Crippen LogP contribution in [0.15, 0.2) is 29.2 Å². The summed E-state index contributed by atoms with van der Waals surface area (Å²) in [6.07, 6.45) is 3.01. The molecule has 3 amide bonds. The summed E-state index contributed by atoms with van der Waals surface area (Å²) < 4.78 is 30.2. The van der Waals surface area contributed by atoms with Gasteiger partial charge < -0.3 is 10.1 Å². The normalized spacial score (nSPS) is 22.1. The number of amides is 3. The molecule has 2 aliphatic rings. The highest BCUT2D eigenvalue weighted by Crippen LogP contribution is 2.39. The van der Waals surface area contributed by atoms with Crippen LogP contribution in [0.5, 0.6) is 0 Å². The second-order valence-corrected chi connectivity index (χ2v) is 8.28. The van der Waals surface area contributed by atoms with Gasteiger partial charge in [-0.1, -0.05) is 36.7 Å². The monoisotopic (exact) mass is 440 g/mol. The zero-order valence-corrected chi connectivity index (χ0v) is 17.1. The van der Waals surface area contributed by atoms with Gasteiger partial charge in [-0.15, -0.1) is 0 Å². The van der Waals surface area contributed by atoms with Crippen molar-refractivity contribution in [2.24, 2.45) is 11.8 Å². The fourth-order valence-corrected chi connectivity index (χ4v) is 4.48. The molecule has 1 aromatic carbocycles. The summed E-state index contributed by atoms with van der Waals surface area (Å²) in [5, 5.41) is 2.42. The van der Waals surface area contributed by atoms with E-state index in [1.54, 1.807) is 12.1 Å². The molecule has 30 heavy (non-hydrogen) atoms. The average Bonchev–Trinajstić information content (AvgIpc) is 2.97. The quantitative estimate of drug-likeness (QED) is 0.398. The molecule has 3 rings (SSSR count). The number of nitrogens with one attached hydrogen (secondary N) is 1. The van der Waals surface area contributed by atoms with Gasteiger partial charge in [0, 0.05) is 4.90 Å². The van der Waals surface area contributed by atoms with E-state index >= 15 is 0 Å². The number of hydrogen-bond donors (Lipinski definition) is 1. The summed E-state index contributed by atoms with van der Waals surface area (Å²) in [6.45, 7) is 0.724. The minimum absolute atomic E-state index is 0.172. The van der Waals surface area contributed by atoms with Gasteiger partial charge in [-0.2, -0.15) is 8.78 Å². The average molecular weight is 440 g/mol. The molecule has 1 heterocycles. The van der Waals surface area contributed by atoms with Gasteiger partial charge in [0.25, 0.3) is 11.7 Å². The molecule has 0 aromatic heterocycles. The Bertz CT molecular complexity index is 826. The maximum atomic E-state index is 12.6. The Balaban J connectivity index is 1.56. The summed E-state index contributed by atoms with van der Waals surface area (Å²) >= 11 is 0.286. The van der Waals surface area contributed by atoms with Crippen molar-refractivity contribution >= 4 is 41.1 Å². The van der Waals surface area contributed by atoms with Crippen molar-refractivity contribution in [2.45, 2.75) is 49.3 Å². The van der Waals surface area contributed by atoms with Crippen LogP contribution >= 0.6 is 11.8 Å². The highest BCUT2D eigenvalue weighted by Gasteiger charge is 2.51. The Hall–Kier alpha value is -2.49. The lowest BCUT2D eigenvalue weighted by molar-refractivity contribution is -0.159. The summed E-state index contributed by atoms with van der Waals surface area (Å²) in [6, 6.07) is 4.89. The molecule has 2 fully saturated rings. The number of para-hydroxylation sites is 1. The van der Waals surface area contributed by atoms with Crippen LogP contribution in [0.25, 0.3) is 0 Å². The van der Waals surface area contributed by atoms with Crippen LogP contribution in [0.1, 0.15) is 32.6 Å². The Morgan fingerprint density at radius 3 is 2.37 bits per heavy atom. The van der Waals surface area contributed by atoms with Gasteiger partial charge in [0.15, 0.2) is 6.61 Å². The molecule has 1 saturated heterocycles. The topological polar surface area (TPSA) is 92.8 Å². The van der Waals surface area contributed by atoms with Crippen molar-refractivity contribution in [2.75, 3.05) is 11.9 Å². The first-order valence-electron chi connectivity index (χ1n) is 9.67. The van der Waals surface area contributed by atoms with Gasteiger partial charge in [0.1, 0.15) is 6.04 Å². The van der Waals surface area contributed by atoms with Gasteiger partial charge in [0.2, 0.25) is 11.8 Å². The van der Waals surface area contributed by atoms with Crippen molar-refractivity contribution < 1.29 is 32.7 Å². The third-order valence-corrected chi connectivity index (χ3v) is 6.11. The number of anilines is 1. The van der Waals surface area contributed by atoms with Crippen LogP contribution in [0, 0.1) is 11.8 Å². The SMILES string of the molecule is C[C@@H](C(=O)OCC(=O)Nc1ccccc1SC(F)F)N1C(=O)C2CCCCC2C1=O. The number of halogens is 2. The highest BCUT2D eigenvalue weighted by atomic mass is 32.2. The second kappa shape index (κ2) is 9.55. The summed E-state index contributed by atoms with van der Waals surface area (Å²) in [5.41, 5.74) is 0.172. The number of rotatable bonds is 7. The number of carbonyl (C=O) groups excluding carboxylic acids is 4. The number of thioether (sulfide) groups is 1. The lowest BCUT2D eigenvalue weighted by atomic mass is 9.81. The first-order chi connectivity index (χ1) is 14.3. The largest absolute Gasteiger partial charge is 0.454 e. The minimum Gasteiger partial charge on any atom is -0.454 e. The van der Waals surface area contributed by atoms with Crippen LogP contribution in [-0.2, 0) is 23.9 Å². The third-order valence-electron chi connectivity index (χ3n) is 5.33. The molecule has 0 bridgehead atoms. The number of imide groups is 1. The molecule has 2 unspecified atom stereocenters. The maximum absolute atomic E-state index is 12.6. The Labute approximate surface area is 176 Å². The summed E-state index contributed by atoms with van der Waals surface area (Å²) in [7, 11) is 0. The molecule has 0 spiro atoms. The number of carbonyl (C=O) groups is 4. The van der Waals surface area contributed by atoms with E-state index in [2.05, 4.69) is 5.32 Å². The molecule has 1 saturated carbocycles. The van der Waals surface area contributed by atoms with Gasteiger partial charge >= 0.3 is 5.97 Å². The molecular weight excluding hydrogens is 418 g/mol. The molecular formula is C20H22F2N2O5S. The minimum atomic E-state index is -2.65. The fraction of sp³-hybridized carbons (Fsp3) is 0.500. The molecule has 162 valence electrons. The second-order valence-electron chi connectivity index (χ2n) is 7.25. The first kappa shape index (κ1) is 22.2. The van der Waals surface area contributed by atoms with Crippen LogP contribution < -0.4 is 5.32 Å². The summed E-state index contributed by atoms with van der Waals surface area (Å²) in [5.74, 6) is -5.73. The number of alkyl halides is 2. The van der Waals surface area contributed by atoms with Crippen molar-refractivity contribution in [3.63, 3.8) is 0 Å². The van der Waals surface area contributed by atoms with E-state index in [4.69, 9.17) is 4.74 Å². The van der Waals surface area contributed by atoms with E-state index in [9.17, 15) is 28.0 Å². The first-order valence-corrected chi connectivity index (χ1v) is 10.5. The number of benzene rings is 1. The molecule has 1 aliphatic heterocycles. The zero-order valence-electron chi connectivity index (χ0n) is 16.3. The molecule has 1 N–H and O–H groups in total. The van der Waals surface area contributed by atoms with E-state index in [0.717, 1.165) is 17.7 Å². The number of likely N-dealkylation sites (tertiary alicyclic amines) is 1. The Kier molecular flexibility index (Phi) is 7.06. The van der Waals surface area contributed by atoms with Crippen molar-refractivity contribution in [1.29, 1.82) is 0 Å².